The second-order valence-electron chi connectivity index (χ2n) is 9.26. The van der Waals surface area contributed by atoms with Crippen LogP contribution in [0.1, 0.15) is 17.8 Å². The van der Waals surface area contributed by atoms with E-state index in [1.165, 1.54) is 23.5 Å². The van der Waals surface area contributed by atoms with Gasteiger partial charge < -0.3 is 29.7 Å². The SMILES string of the molecule is Cc1nc2c(O)c(N=CCCN(C)CCC=Nc3cc(O)c4nc(-c5cc(F)ccc5F)oc4c3O)cc(O)c2s1. The van der Waals surface area contributed by atoms with Gasteiger partial charge in [-0.05, 0) is 45.0 Å². The number of aromatic hydroxyl groups is 4. The largest absolute Gasteiger partial charge is 0.506 e. The Labute approximate surface area is 236 Å². The van der Waals surface area contributed by atoms with E-state index in [1.807, 2.05) is 11.9 Å². The van der Waals surface area contributed by atoms with Crippen LogP contribution in [0.15, 0.2) is 44.7 Å². The average Bonchev–Trinajstić information content (AvgIpc) is 3.56. The first-order chi connectivity index (χ1) is 19.6. The summed E-state index contributed by atoms with van der Waals surface area (Å²) in [7, 11) is 1.91. The highest BCUT2D eigenvalue weighted by molar-refractivity contribution is 7.19. The Morgan fingerprint density at radius 3 is 2.27 bits per heavy atom. The van der Waals surface area contributed by atoms with Gasteiger partial charge in [-0.1, -0.05) is 0 Å². The Hall–Kier alpha value is -4.62. The molecule has 5 rings (SSSR count). The molecule has 0 aliphatic heterocycles. The molecule has 0 saturated heterocycles. The summed E-state index contributed by atoms with van der Waals surface area (Å²) in [6.07, 6.45) is 4.31. The molecule has 0 amide bonds. The van der Waals surface area contributed by atoms with Crippen LogP contribution in [0.3, 0.4) is 0 Å². The van der Waals surface area contributed by atoms with E-state index in [1.54, 1.807) is 19.4 Å². The molecule has 0 saturated carbocycles. The van der Waals surface area contributed by atoms with Crippen LogP contribution in [0.2, 0.25) is 0 Å². The van der Waals surface area contributed by atoms with Crippen molar-refractivity contribution in [2.24, 2.45) is 9.98 Å². The fraction of sp³-hybridized carbons (Fsp3) is 0.214. The van der Waals surface area contributed by atoms with Gasteiger partial charge in [-0.15, -0.1) is 11.3 Å². The number of phenols is 4. The number of aromatic nitrogens is 2. The lowest BCUT2D eigenvalue weighted by Crippen LogP contribution is -2.21. The highest BCUT2D eigenvalue weighted by Gasteiger charge is 2.21. The minimum Gasteiger partial charge on any atom is -0.506 e. The van der Waals surface area contributed by atoms with Crippen LogP contribution >= 0.6 is 11.3 Å². The molecule has 0 unspecified atom stereocenters. The number of aryl methyl sites for hydroxylation is 1. The van der Waals surface area contributed by atoms with E-state index in [4.69, 9.17) is 4.42 Å². The number of aliphatic imine (C=N–C) groups is 2. The van der Waals surface area contributed by atoms with Crippen LogP contribution in [-0.2, 0) is 0 Å². The zero-order chi connectivity index (χ0) is 29.3. The van der Waals surface area contributed by atoms with E-state index in [2.05, 4.69) is 20.0 Å². The predicted octanol–water partition coefficient (Wildman–Crippen LogP) is 6.33. The summed E-state index contributed by atoms with van der Waals surface area (Å²) in [6, 6.07) is 5.42. The van der Waals surface area contributed by atoms with Crippen molar-refractivity contribution in [2.45, 2.75) is 19.8 Å². The molecule has 0 aliphatic carbocycles. The topological polar surface area (TPSA) is 148 Å². The van der Waals surface area contributed by atoms with Crippen LogP contribution < -0.4 is 0 Å². The highest BCUT2D eigenvalue weighted by Crippen LogP contribution is 2.43. The van der Waals surface area contributed by atoms with Gasteiger partial charge >= 0.3 is 0 Å². The Kier molecular flexibility index (Phi) is 7.81. The fourth-order valence-corrected chi connectivity index (χ4v) is 4.98. The lowest BCUT2D eigenvalue weighted by atomic mass is 10.2. The number of halogens is 2. The van der Waals surface area contributed by atoms with Gasteiger partial charge in [-0.25, -0.2) is 18.7 Å². The maximum Gasteiger partial charge on any atom is 0.230 e. The number of fused-ring (bicyclic) bond motifs is 2. The molecule has 0 bridgehead atoms. The van der Waals surface area contributed by atoms with Crippen molar-refractivity contribution in [1.82, 2.24) is 14.9 Å². The van der Waals surface area contributed by atoms with Crippen LogP contribution in [0.5, 0.6) is 23.0 Å². The van der Waals surface area contributed by atoms with Crippen LogP contribution in [0.4, 0.5) is 20.2 Å². The van der Waals surface area contributed by atoms with E-state index < -0.39 is 17.4 Å². The summed E-state index contributed by atoms with van der Waals surface area (Å²) in [5.74, 6) is -2.53. The third-order valence-corrected chi connectivity index (χ3v) is 7.20. The van der Waals surface area contributed by atoms with Crippen molar-refractivity contribution >= 4 is 56.5 Å². The summed E-state index contributed by atoms with van der Waals surface area (Å²) >= 11 is 1.30. The van der Waals surface area contributed by atoms with Crippen LogP contribution in [-0.4, -0.2) is 67.9 Å². The second-order valence-corrected chi connectivity index (χ2v) is 10.5. The summed E-state index contributed by atoms with van der Waals surface area (Å²) < 4.78 is 33.7. The van der Waals surface area contributed by atoms with Crippen LogP contribution in [0.25, 0.3) is 32.8 Å². The van der Waals surface area contributed by atoms with E-state index in [0.717, 1.165) is 23.2 Å². The molecule has 0 fully saturated rings. The highest BCUT2D eigenvalue weighted by atomic mass is 32.1. The van der Waals surface area contributed by atoms with Crippen molar-refractivity contribution in [3.8, 4) is 34.5 Å². The Bertz CT molecular complexity index is 1820. The normalized spacial score (nSPS) is 12.2. The molecule has 41 heavy (non-hydrogen) atoms. The molecular weight excluding hydrogens is 556 g/mol. The van der Waals surface area contributed by atoms with Crippen LogP contribution in [0, 0.1) is 18.6 Å². The minimum absolute atomic E-state index is 0.0229. The zero-order valence-corrected chi connectivity index (χ0v) is 22.8. The first-order valence-corrected chi connectivity index (χ1v) is 13.3. The monoisotopic (exact) mass is 581 g/mol. The average molecular weight is 582 g/mol. The molecule has 212 valence electrons. The van der Waals surface area contributed by atoms with Gasteiger partial charge in [-0.2, -0.15) is 0 Å². The molecule has 3 aromatic carbocycles. The number of nitrogens with zero attached hydrogens (tertiary/aromatic N) is 5. The van der Waals surface area contributed by atoms with Gasteiger partial charge in [-0.3, -0.25) is 9.98 Å². The van der Waals surface area contributed by atoms with Crippen molar-refractivity contribution < 1.29 is 33.6 Å². The number of hydrogen-bond acceptors (Lipinski definition) is 11. The smallest absolute Gasteiger partial charge is 0.230 e. The van der Waals surface area contributed by atoms with Crippen molar-refractivity contribution in [2.75, 3.05) is 20.1 Å². The molecule has 5 aromatic rings. The Morgan fingerprint density at radius 1 is 0.902 bits per heavy atom. The summed E-state index contributed by atoms with van der Waals surface area (Å²) in [6.45, 7) is 3.06. The summed E-state index contributed by atoms with van der Waals surface area (Å²) in [4.78, 5) is 18.8. The van der Waals surface area contributed by atoms with Gasteiger partial charge in [0.1, 0.15) is 44.7 Å². The van der Waals surface area contributed by atoms with E-state index >= 15 is 0 Å². The second kappa shape index (κ2) is 11.5. The standard InChI is InChI=1S/C28H25F2N5O5S/c1-14-33-23-24(38)18(13-21(37)27(23)41-14)31-7-3-9-35(2)10-4-8-32-19-12-20(36)22-26(25(19)39)40-28(34-22)16-11-15(29)5-6-17(16)30/h5-8,11-13,36-39H,3-4,9-10H2,1-2H3. The van der Waals surface area contributed by atoms with E-state index in [9.17, 15) is 29.2 Å². The van der Waals surface area contributed by atoms with Gasteiger partial charge in [0.2, 0.25) is 11.5 Å². The molecule has 0 atom stereocenters. The molecular formula is C28H25F2N5O5S. The van der Waals surface area contributed by atoms with E-state index in [0.29, 0.717) is 36.1 Å². The van der Waals surface area contributed by atoms with Crippen molar-refractivity contribution in [1.29, 1.82) is 0 Å². The van der Waals surface area contributed by atoms with Gasteiger partial charge in [0.05, 0.1) is 10.6 Å². The molecule has 0 radical (unpaired) electrons. The molecule has 10 nitrogen and oxygen atoms in total. The van der Waals surface area contributed by atoms with Crippen molar-refractivity contribution in [3.05, 3.63) is 47.0 Å². The molecule has 0 aliphatic rings. The first-order valence-electron chi connectivity index (χ1n) is 12.5. The first kappa shape index (κ1) is 27.9. The fourth-order valence-electron chi connectivity index (χ4n) is 4.15. The molecule has 13 heteroatoms. The number of phenolic OH excluding ortho intramolecular Hbond substituents is 4. The third-order valence-electron chi connectivity index (χ3n) is 6.21. The molecule has 2 aromatic heterocycles. The third kappa shape index (κ3) is 5.81. The van der Waals surface area contributed by atoms with Gasteiger partial charge in [0.15, 0.2) is 17.0 Å². The quantitative estimate of drug-likeness (QED) is 0.117. The van der Waals surface area contributed by atoms with Gasteiger partial charge in [0, 0.05) is 37.7 Å². The summed E-state index contributed by atoms with van der Waals surface area (Å²) in [5.41, 5.74) is 0.0578. The maximum atomic E-state index is 14.1. The van der Waals surface area contributed by atoms with Gasteiger partial charge in [0.25, 0.3) is 0 Å². The number of oxazole rings is 1. The zero-order valence-electron chi connectivity index (χ0n) is 22.0. The van der Waals surface area contributed by atoms with E-state index in [-0.39, 0.29) is 51.2 Å². The molecule has 0 spiro atoms. The predicted molar refractivity (Wildman–Crippen MR) is 153 cm³/mol. The number of rotatable bonds is 9. The number of benzene rings is 3. The maximum absolute atomic E-state index is 14.1. The molecule has 2 heterocycles. The molecule has 4 N–H and O–H groups in total. The van der Waals surface area contributed by atoms with Crippen molar-refractivity contribution in [3.63, 3.8) is 0 Å². The minimum atomic E-state index is -0.768. The lowest BCUT2D eigenvalue weighted by molar-refractivity contribution is 0.357. The number of hydrogen-bond donors (Lipinski definition) is 4. The lowest BCUT2D eigenvalue weighted by Gasteiger charge is -2.13. The number of thiazole rings is 1. The Morgan fingerprint density at radius 2 is 1.56 bits per heavy atom. The summed E-state index contributed by atoms with van der Waals surface area (Å²) in [5, 5.41) is 42.3. The Balaban J connectivity index is 1.18.